The third kappa shape index (κ3) is 2.59. The van der Waals surface area contributed by atoms with Crippen molar-refractivity contribution in [1.82, 2.24) is 0 Å². The van der Waals surface area contributed by atoms with Crippen LogP contribution in [0.5, 0.6) is 5.75 Å². The number of rotatable bonds is 5. The lowest BCUT2D eigenvalue weighted by molar-refractivity contribution is -0.179. The Labute approximate surface area is 113 Å². The molecule has 19 heavy (non-hydrogen) atoms. The third-order valence-electron chi connectivity index (χ3n) is 3.72. The Hall–Kier alpha value is -1.55. The van der Waals surface area contributed by atoms with E-state index in [1.165, 1.54) is 5.56 Å². The highest BCUT2D eigenvalue weighted by molar-refractivity contribution is 5.76. The standard InChI is InChI=1S/C15H20O4/c1-10(2)11-4-5-12(13(6-11)18-3)7-15(14(16)17)8-19-9-15/h4-6,10H,7-9H2,1-3H3,(H,16,17). The van der Waals surface area contributed by atoms with Gasteiger partial charge in [-0.3, -0.25) is 4.79 Å². The maximum absolute atomic E-state index is 11.4. The minimum absolute atomic E-state index is 0.275. The summed E-state index contributed by atoms with van der Waals surface area (Å²) in [6.07, 6.45) is 0.448. The zero-order chi connectivity index (χ0) is 14.0. The highest BCUT2D eigenvalue weighted by atomic mass is 16.5. The largest absolute Gasteiger partial charge is 0.496 e. The van der Waals surface area contributed by atoms with Crippen LogP contribution in [-0.4, -0.2) is 31.4 Å². The molecule has 1 saturated heterocycles. The lowest BCUT2D eigenvalue weighted by atomic mass is 9.79. The van der Waals surface area contributed by atoms with Crippen LogP contribution in [0.4, 0.5) is 0 Å². The minimum Gasteiger partial charge on any atom is -0.496 e. The van der Waals surface area contributed by atoms with Gasteiger partial charge in [0.25, 0.3) is 0 Å². The van der Waals surface area contributed by atoms with Crippen molar-refractivity contribution in [2.24, 2.45) is 5.41 Å². The van der Waals surface area contributed by atoms with Gasteiger partial charge in [0.2, 0.25) is 0 Å². The van der Waals surface area contributed by atoms with Crippen molar-refractivity contribution in [3.8, 4) is 5.75 Å². The van der Waals surface area contributed by atoms with Crippen LogP contribution in [0.25, 0.3) is 0 Å². The zero-order valence-electron chi connectivity index (χ0n) is 11.6. The Morgan fingerprint density at radius 1 is 1.47 bits per heavy atom. The Balaban J connectivity index is 2.27. The molecule has 4 heteroatoms. The van der Waals surface area contributed by atoms with Gasteiger partial charge >= 0.3 is 5.97 Å². The van der Waals surface area contributed by atoms with E-state index in [1.54, 1.807) is 7.11 Å². The number of carbonyl (C=O) groups is 1. The molecule has 0 aliphatic carbocycles. The van der Waals surface area contributed by atoms with Crippen LogP contribution in [0.1, 0.15) is 30.9 Å². The molecule has 104 valence electrons. The van der Waals surface area contributed by atoms with Crippen LogP contribution in [0.2, 0.25) is 0 Å². The second-order valence-electron chi connectivity index (χ2n) is 5.48. The van der Waals surface area contributed by atoms with E-state index in [4.69, 9.17) is 9.47 Å². The number of benzene rings is 1. The van der Waals surface area contributed by atoms with Crippen LogP contribution in [-0.2, 0) is 16.0 Å². The van der Waals surface area contributed by atoms with Crippen molar-refractivity contribution in [2.75, 3.05) is 20.3 Å². The molecule has 0 saturated carbocycles. The average Bonchev–Trinajstić information content (AvgIpc) is 2.33. The summed E-state index contributed by atoms with van der Waals surface area (Å²) in [7, 11) is 1.62. The summed E-state index contributed by atoms with van der Waals surface area (Å²) in [4.78, 5) is 11.4. The van der Waals surface area contributed by atoms with Crippen LogP contribution < -0.4 is 4.74 Å². The molecule has 4 nitrogen and oxygen atoms in total. The fraction of sp³-hybridized carbons (Fsp3) is 0.533. The molecule has 1 aliphatic rings. The van der Waals surface area contributed by atoms with E-state index in [-0.39, 0.29) is 13.2 Å². The van der Waals surface area contributed by atoms with Gasteiger partial charge < -0.3 is 14.6 Å². The molecule has 1 aromatic carbocycles. The first kappa shape index (κ1) is 13.9. The van der Waals surface area contributed by atoms with Gasteiger partial charge in [-0.1, -0.05) is 26.0 Å². The van der Waals surface area contributed by atoms with Gasteiger partial charge in [0.1, 0.15) is 11.2 Å². The molecule has 0 bridgehead atoms. The van der Waals surface area contributed by atoms with Crippen molar-refractivity contribution in [1.29, 1.82) is 0 Å². The zero-order valence-corrected chi connectivity index (χ0v) is 11.6. The van der Waals surface area contributed by atoms with Gasteiger partial charge in [0.05, 0.1) is 20.3 Å². The molecule has 1 heterocycles. The summed E-state index contributed by atoms with van der Waals surface area (Å²) in [5, 5.41) is 9.33. The molecule has 1 aromatic rings. The van der Waals surface area contributed by atoms with Crippen molar-refractivity contribution in [2.45, 2.75) is 26.2 Å². The topological polar surface area (TPSA) is 55.8 Å². The summed E-state index contributed by atoms with van der Waals surface area (Å²) in [5.74, 6) is 0.385. The molecule has 0 unspecified atom stereocenters. The normalized spacial score (nSPS) is 17.1. The lowest BCUT2D eigenvalue weighted by Crippen LogP contribution is -2.50. The molecular formula is C15H20O4. The Morgan fingerprint density at radius 2 is 2.16 bits per heavy atom. The van der Waals surface area contributed by atoms with Crippen molar-refractivity contribution in [3.63, 3.8) is 0 Å². The molecule has 0 amide bonds. The Kier molecular flexibility index (Phi) is 3.80. The van der Waals surface area contributed by atoms with Gasteiger partial charge in [-0.15, -0.1) is 0 Å². The van der Waals surface area contributed by atoms with Crippen LogP contribution >= 0.6 is 0 Å². The molecule has 2 rings (SSSR count). The maximum Gasteiger partial charge on any atom is 0.314 e. The highest BCUT2D eigenvalue weighted by Crippen LogP contribution is 2.36. The summed E-state index contributed by atoms with van der Waals surface area (Å²) in [6, 6.07) is 6.00. The van der Waals surface area contributed by atoms with E-state index in [9.17, 15) is 9.90 Å². The van der Waals surface area contributed by atoms with Gasteiger partial charge in [-0.2, -0.15) is 0 Å². The smallest absolute Gasteiger partial charge is 0.314 e. The average molecular weight is 264 g/mol. The second-order valence-corrected chi connectivity index (χ2v) is 5.48. The number of hydrogen-bond donors (Lipinski definition) is 1. The molecule has 1 aliphatic heterocycles. The highest BCUT2D eigenvalue weighted by Gasteiger charge is 2.46. The van der Waals surface area contributed by atoms with E-state index in [1.807, 2.05) is 18.2 Å². The number of ether oxygens (including phenoxy) is 2. The first-order valence-electron chi connectivity index (χ1n) is 6.46. The van der Waals surface area contributed by atoms with Crippen LogP contribution in [0, 0.1) is 5.41 Å². The molecule has 1 N–H and O–H groups in total. The molecule has 0 radical (unpaired) electrons. The molecule has 0 spiro atoms. The van der Waals surface area contributed by atoms with Gasteiger partial charge in [-0.05, 0) is 29.5 Å². The lowest BCUT2D eigenvalue weighted by Gasteiger charge is -2.37. The molecule has 0 aromatic heterocycles. The van der Waals surface area contributed by atoms with Crippen LogP contribution in [0.15, 0.2) is 18.2 Å². The van der Waals surface area contributed by atoms with Crippen molar-refractivity contribution < 1.29 is 19.4 Å². The summed E-state index contributed by atoms with van der Waals surface area (Å²) in [5.41, 5.74) is 1.33. The predicted octanol–water partition coefficient (Wildman–Crippen LogP) is 2.46. The van der Waals surface area contributed by atoms with Gasteiger partial charge in [-0.25, -0.2) is 0 Å². The van der Waals surface area contributed by atoms with E-state index >= 15 is 0 Å². The summed E-state index contributed by atoms with van der Waals surface area (Å²) >= 11 is 0. The number of methoxy groups -OCH3 is 1. The van der Waals surface area contributed by atoms with E-state index in [0.717, 1.165) is 11.3 Å². The Morgan fingerprint density at radius 3 is 2.58 bits per heavy atom. The predicted molar refractivity (Wildman–Crippen MR) is 71.7 cm³/mol. The first-order valence-corrected chi connectivity index (χ1v) is 6.46. The van der Waals surface area contributed by atoms with Crippen LogP contribution in [0.3, 0.4) is 0 Å². The van der Waals surface area contributed by atoms with Crippen molar-refractivity contribution in [3.05, 3.63) is 29.3 Å². The minimum atomic E-state index is -0.797. The number of hydrogen-bond acceptors (Lipinski definition) is 3. The number of aliphatic carboxylic acids is 1. The van der Waals surface area contributed by atoms with E-state index in [0.29, 0.717) is 12.3 Å². The molecular weight excluding hydrogens is 244 g/mol. The summed E-state index contributed by atoms with van der Waals surface area (Å²) < 4.78 is 10.5. The Bertz CT molecular complexity index is 475. The van der Waals surface area contributed by atoms with E-state index in [2.05, 4.69) is 13.8 Å². The quantitative estimate of drug-likeness (QED) is 0.887. The van der Waals surface area contributed by atoms with Crippen molar-refractivity contribution >= 4 is 5.97 Å². The van der Waals surface area contributed by atoms with Gasteiger partial charge in [0, 0.05) is 0 Å². The fourth-order valence-electron chi connectivity index (χ4n) is 2.28. The molecule has 1 fully saturated rings. The number of carboxylic acids is 1. The van der Waals surface area contributed by atoms with Gasteiger partial charge in [0.15, 0.2) is 0 Å². The SMILES string of the molecule is COc1cc(C(C)C)ccc1CC1(C(=O)O)COC1. The number of carboxylic acid groups (broad SMARTS) is 1. The first-order chi connectivity index (χ1) is 8.98. The molecule has 0 atom stereocenters. The second kappa shape index (κ2) is 5.21. The third-order valence-corrected chi connectivity index (χ3v) is 3.72. The summed E-state index contributed by atoms with van der Waals surface area (Å²) in [6.45, 7) is 4.79. The monoisotopic (exact) mass is 264 g/mol. The van der Waals surface area contributed by atoms with E-state index < -0.39 is 11.4 Å². The fourth-order valence-corrected chi connectivity index (χ4v) is 2.28. The maximum atomic E-state index is 11.4.